The molecule has 0 radical (unpaired) electrons. The molecule has 2 N–H and O–H groups in total. The van der Waals surface area contributed by atoms with Crippen LogP contribution in [0.25, 0.3) is 0 Å². The van der Waals surface area contributed by atoms with Gasteiger partial charge in [-0.05, 0) is 30.0 Å². The number of fused-ring (bicyclic) bond motifs is 1. The number of halogens is 1. The maximum Gasteiger partial charge on any atom is 0.0591 e. The van der Waals surface area contributed by atoms with Crippen molar-refractivity contribution in [2.24, 2.45) is 5.41 Å². The fourth-order valence-corrected chi connectivity index (χ4v) is 2.22. The Bertz CT molecular complexity index is 382. The van der Waals surface area contributed by atoms with E-state index in [0.29, 0.717) is 6.04 Å². The molecule has 0 aromatic heterocycles. The molecule has 1 aliphatic heterocycles. The van der Waals surface area contributed by atoms with Crippen LogP contribution < -0.4 is 10.6 Å². The van der Waals surface area contributed by atoms with Crippen molar-refractivity contribution >= 4 is 23.0 Å². The first-order valence-electron chi connectivity index (χ1n) is 5.77. The van der Waals surface area contributed by atoms with Gasteiger partial charge in [-0.1, -0.05) is 32.4 Å². The van der Waals surface area contributed by atoms with Gasteiger partial charge >= 0.3 is 0 Å². The van der Waals surface area contributed by atoms with Crippen LogP contribution in [0.4, 0.5) is 11.4 Å². The minimum absolute atomic E-state index is 0.267. The molecule has 0 fully saturated rings. The van der Waals surface area contributed by atoms with Crippen LogP contribution in [0.1, 0.15) is 27.2 Å². The summed E-state index contributed by atoms with van der Waals surface area (Å²) in [6.45, 7) is 7.80. The second kappa shape index (κ2) is 4.17. The highest BCUT2D eigenvalue weighted by Crippen LogP contribution is 2.33. The fourth-order valence-electron chi connectivity index (χ4n) is 2.05. The van der Waals surface area contributed by atoms with Crippen molar-refractivity contribution in [2.45, 2.75) is 33.2 Å². The minimum atomic E-state index is 0.267. The van der Waals surface area contributed by atoms with Crippen molar-refractivity contribution in [3.63, 3.8) is 0 Å². The molecule has 3 heteroatoms. The zero-order valence-electron chi connectivity index (χ0n) is 10.1. The molecule has 1 unspecified atom stereocenters. The van der Waals surface area contributed by atoms with E-state index in [0.717, 1.165) is 29.4 Å². The summed E-state index contributed by atoms with van der Waals surface area (Å²) in [5, 5.41) is 7.81. The molecule has 2 nitrogen and oxygen atoms in total. The van der Waals surface area contributed by atoms with Crippen molar-refractivity contribution < 1.29 is 0 Å². The van der Waals surface area contributed by atoms with Crippen molar-refractivity contribution in [3.05, 3.63) is 23.2 Å². The van der Waals surface area contributed by atoms with Crippen LogP contribution in [-0.4, -0.2) is 12.6 Å². The monoisotopic (exact) mass is 238 g/mol. The lowest BCUT2D eigenvalue weighted by Gasteiger charge is -2.31. The molecule has 1 atom stereocenters. The first kappa shape index (κ1) is 11.6. The van der Waals surface area contributed by atoms with Gasteiger partial charge in [0.1, 0.15) is 0 Å². The van der Waals surface area contributed by atoms with Gasteiger partial charge in [0.05, 0.1) is 11.4 Å². The van der Waals surface area contributed by atoms with E-state index in [1.807, 2.05) is 12.1 Å². The summed E-state index contributed by atoms with van der Waals surface area (Å²) in [6, 6.07) is 6.45. The number of anilines is 2. The molecule has 0 saturated heterocycles. The quantitative estimate of drug-likeness (QED) is 0.715. The smallest absolute Gasteiger partial charge is 0.0591 e. The average molecular weight is 239 g/mol. The summed E-state index contributed by atoms with van der Waals surface area (Å²) in [5.41, 5.74) is 2.53. The van der Waals surface area contributed by atoms with Crippen molar-refractivity contribution in [1.82, 2.24) is 0 Å². The van der Waals surface area contributed by atoms with Gasteiger partial charge in [-0.25, -0.2) is 0 Å². The third-order valence-electron chi connectivity index (χ3n) is 3.11. The highest BCUT2D eigenvalue weighted by atomic mass is 35.5. The van der Waals surface area contributed by atoms with E-state index in [1.165, 1.54) is 0 Å². The van der Waals surface area contributed by atoms with E-state index in [2.05, 4.69) is 37.5 Å². The fraction of sp³-hybridized carbons (Fsp3) is 0.538. The van der Waals surface area contributed by atoms with Crippen molar-refractivity contribution in [3.8, 4) is 0 Å². The molecule has 88 valence electrons. The Morgan fingerprint density at radius 3 is 2.69 bits per heavy atom. The first-order chi connectivity index (χ1) is 7.47. The van der Waals surface area contributed by atoms with Crippen LogP contribution in [0.3, 0.4) is 0 Å². The van der Waals surface area contributed by atoms with Crippen molar-refractivity contribution in [1.29, 1.82) is 0 Å². The van der Waals surface area contributed by atoms with Gasteiger partial charge in [0.15, 0.2) is 0 Å². The third-order valence-corrected chi connectivity index (χ3v) is 3.34. The van der Waals surface area contributed by atoms with E-state index in [4.69, 9.17) is 11.6 Å². The Morgan fingerprint density at radius 2 is 2.00 bits per heavy atom. The molecule has 2 rings (SSSR count). The highest BCUT2D eigenvalue weighted by Gasteiger charge is 2.26. The molecule has 1 aliphatic rings. The standard InChI is InChI=1S/C13H19ClN2/c1-13(2,3)12-6-7-15-11-8-9(14)4-5-10(11)16-12/h4-5,8,12,15-16H,6-7H2,1-3H3. The molecule has 0 spiro atoms. The van der Waals surface area contributed by atoms with Crippen LogP contribution in [-0.2, 0) is 0 Å². The molecule has 16 heavy (non-hydrogen) atoms. The van der Waals surface area contributed by atoms with E-state index in [1.54, 1.807) is 0 Å². The lowest BCUT2D eigenvalue weighted by molar-refractivity contribution is 0.332. The van der Waals surface area contributed by atoms with E-state index in [9.17, 15) is 0 Å². The molecule has 1 aromatic rings. The van der Waals surface area contributed by atoms with Gasteiger partial charge in [0.2, 0.25) is 0 Å². The largest absolute Gasteiger partial charge is 0.383 e. The number of hydrogen-bond donors (Lipinski definition) is 2. The predicted molar refractivity (Wildman–Crippen MR) is 71.4 cm³/mol. The normalized spacial score (nSPS) is 20.4. The molecule has 0 amide bonds. The maximum atomic E-state index is 5.99. The SMILES string of the molecule is CC(C)(C)C1CCNc2cc(Cl)ccc2N1. The summed E-state index contributed by atoms with van der Waals surface area (Å²) in [5.74, 6) is 0. The molecular weight excluding hydrogens is 220 g/mol. The van der Waals surface area contributed by atoms with Gasteiger partial charge in [-0.15, -0.1) is 0 Å². The Morgan fingerprint density at radius 1 is 1.25 bits per heavy atom. The lowest BCUT2D eigenvalue weighted by atomic mass is 9.85. The van der Waals surface area contributed by atoms with Crippen LogP contribution >= 0.6 is 11.6 Å². The van der Waals surface area contributed by atoms with Gasteiger partial charge in [-0.3, -0.25) is 0 Å². The molecule has 0 aliphatic carbocycles. The van der Waals surface area contributed by atoms with Crippen LogP contribution in [0, 0.1) is 5.41 Å². The summed E-state index contributed by atoms with van der Waals surface area (Å²) in [4.78, 5) is 0. The Balaban J connectivity index is 2.28. The minimum Gasteiger partial charge on any atom is -0.383 e. The predicted octanol–water partition coefficient (Wildman–Crippen LogP) is 3.98. The maximum absolute atomic E-state index is 5.99. The van der Waals surface area contributed by atoms with Crippen LogP contribution in [0.5, 0.6) is 0 Å². The van der Waals surface area contributed by atoms with E-state index < -0.39 is 0 Å². The first-order valence-corrected chi connectivity index (χ1v) is 6.14. The van der Waals surface area contributed by atoms with Gasteiger partial charge in [0, 0.05) is 17.6 Å². The number of hydrogen-bond acceptors (Lipinski definition) is 2. The number of rotatable bonds is 0. The van der Waals surface area contributed by atoms with E-state index >= 15 is 0 Å². The second-order valence-corrected chi connectivity index (χ2v) is 5.90. The van der Waals surface area contributed by atoms with Gasteiger partial charge in [-0.2, -0.15) is 0 Å². The highest BCUT2D eigenvalue weighted by molar-refractivity contribution is 6.31. The summed E-state index contributed by atoms with van der Waals surface area (Å²) >= 11 is 5.99. The summed E-state index contributed by atoms with van der Waals surface area (Å²) in [7, 11) is 0. The Hall–Kier alpha value is -0.890. The zero-order chi connectivity index (χ0) is 11.8. The molecule has 0 bridgehead atoms. The molecule has 1 heterocycles. The second-order valence-electron chi connectivity index (χ2n) is 5.47. The van der Waals surface area contributed by atoms with E-state index in [-0.39, 0.29) is 5.41 Å². The van der Waals surface area contributed by atoms with Gasteiger partial charge < -0.3 is 10.6 Å². The topological polar surface area (TPSA) is 24.1 Å². The molecular formula is C13H19ClN2. The Labute approximate surface area is 102 Å². The molecule has 1 aromatic carbocycles. The van der Waals surface area contributed by atoms with Crippen LogP contribution in [0.2, 0.25) is 5.02 Å². The lowest BCUT2D eigenvalue weighted by Crippen LogP contribution is -2.34. The van der Waals surface area contributed by atoms with Crippen molar-refractivity contribution in [2.75, 3.05) is 17.2 Å². The zero-order valence-corrected chi connectivity index (χ0v) is 10.9. The summed E-state index contributed by atoms with van der Waals surface area (Å²) < 4.78 is 0. The Kier molecular flexibility index (Phi) is 3.02. The third kappa shape index (κ3) is 2.43. The number of benzene rings is 1. The number of nitrogens with one attached hydrogen (secondary N) is 2. The molecule has 0 saturated carbocycles. The average Bonchev–Trinajstić information content (AvgIpc) is 2.38. The van der Waals surface area contributed by atoms with Crippen LogP contribution in [0.15, 0.2) is 18.2 Å². The summed E-state index contributed by atoms with van der Waals surface area (Å²) in [6.07, 6.45) is 1.12. The van der Waals surface area contributed by atoms with Gasteiger partial charge in [0.25, 0.3) is 0 Å².